The van der Waals surface area contributed by atoms with Crippen LogP contribution >= 0.6 is 0 Å². The second kappa shape index (κ2) is 11.6. The lowest BCUT2D eigenvalue weighted by atomic mass is 10.1. The molecule has 2 heterocycles. The molecule has 1 aliphatic heterocycles. The highest BCUT2D eigenvalue weighted by molar-refractivity contribution is 7.89. The van der Waals surface area contributed by atoms with E-state index in [9.17, 15) is 36.0 Å². The third-order valence-corrected chi connectivity index (χ3v) is 9.08. The number of hydrogen-bond donors (Lipinski definition) is 1. The van der Waals surface area contributed by atoms with Gasteiger partial charge in [-0.2, -0.15) is 17.5 Å². The third kappa shape index (κ3) is 6.42. The van der Waals surface area contributed by atoms with Gasteiger partial charge >= 0.3 is 6.18 Å². The van der Waals surface area contributed by atoms with Crippen LogP contribution in [0.25, 0.3) is 0 Å². The van der Waals surface area contributed by atoms with Gasteiger partial charge in [0.1, 0.15) is 0 Å². The maximum atomic E-state index is 13.6. The number of ketones is 2. The van der Waals surface area contributed by atoms with Crippen LogP contribution < -0.4 is 5.73 Å². The molecule has 218 valence electrons. The summed E-state index contributed by atoms with van der Waals surface area (Å²) in [4.78, 5) is 38.7. The largest absolute Gasteiger partial charge is 0.416 e. The maximum Gasteiger partial charge on any atom is 0.416 e. The molecule has 9 nitrogen and oxygen atoms in total. The van der Waals surface area contributed by atoms with Gasteiger partial charge < -0.3 is 10.3 Å². The van der Waals surface area contributed by atoms with Crippen molar-refractivity contribution >= 4 is 27.5 Å². The lowest BCUT2D eigenvalue weighted by Gasteiger charge is -2.33. The molecular weight excluding hydrogens is 561 g/mol. The summed E-state index contributed by atoms with van der Waals surface area (Å²) in [5.41, 5.74) is 5.28. The predicted octanol–water partition coefficient (Wildman–Crippen LogP) is 3.35. The van der Waals surface area contributed by atoms with Gasteiger partial charge in [-0.15, -0.1) is 0 Å². The van der Waals surface area contributed by atoms with Gasteiger partial charge in [-0.05, 0) is 43.7 Å². The number of sulfonamides is 1. The molecule has 0 radical (unpaired) electrons. The number of Topliss-reactive ketones (excluding diaryl/α,β-unsaturated/α-hetero) is 2. The van der Waals surface area contributed by atoms with Crippen LogP contribution in [0.4, 0.5) is 13.2 Å². The average Bonchev–Trinajstić information content (AvgIpc) is 3.25. The van der Waals surface area contributed by atoms with Gasteiger partial charge in [-0.3, -0.25) is 19.3 Å². The number of benzene rings is 2. The summed E-state index contributed by atoms with van der Waals surface area (Å²) in [6.45, 7) is 3.14. The van der Waals surface area contributed by atoms with Gasteiger partial charge in [0.15, 0.2) is 11.6 Å². The fourth-order valence-corrected chi connectivity index (χ4v) is 6.28. The zero-order chi connectivity index (χ0) is 30.1. The number of amides is 1. The number of hydrogen-bond acceptors (Lipinski definition) is 6. The molecule has 1 aliphatic rings. The van der Waals surface area contributed by atoms with Gasteiger partial charge in [0.05, 0.1) is 28.3 Å². The second-order valence-corrected chi connectivity index (χ2v) is 11.8. The number of carbonyl (C=O) groups excluding carboxylic acids is 3. The van der Waals surface area contributed by atoms with Gasteiger partial charge in [-0.1, -0.05) is 30.3 Å². The predicted molar refractivity (Wildman–Crippen MR) is 144 cm³/mol. The van der Waals surface area contributed by atoms with E-state index in [0.29, 0.717) is 5.56 Å². The Balaban J connectivity index is 1.50. The summed E-state index contributed by atoms with van der Waals surface area (Å²) in [6.07, 6.45) is -4.61. The van der Waals surface area contributed by atoms with Crippen molar-refractivity contribution in [2.24, 2.45) is 5.73 Å². The second-order valence-electron chi connectivity index (χ2n) is 9.82. The van der Waals surface area contributed by atoms with Gasteiger partial charge in [0, 0.05) is 44.0 Å². The van der Waals surface area contributed by atoms with Crippen molar-refractivity contribution in [2.75, 3.05) is 32.7 Å². The normalized spacial score (nSPS) is 15.1. The number of nitrogens with zero attached hydrogens (tertiary/aromatic N) is 3. The lowest BCUT2D eigenvalue weighted by molar-refractivity contribution is -0.138. The van der Waals surface area contributed by atoms with Crippen LogP contribution in [0, 0.1) is 6.92 Å². The third-order valence-electron chi connectivity index (χ3n) is 7.17. The van der Waals surface area contributed by atoms with Crippen molar-refractivity contribution < 1.29 is 36.0 Å². The maximum absolute atomic E-state index is 13.6. The number of carbonyl (C=O) groups is 3. The van der Waals surface area contributed by atoms with E-state index < -0.39 is 33.5 Å². The minimum atomic E-state index is -4.61. The zero-order valence-electron chi connectivity index (χ0n) is 22.4. The Morgan fingerprint density at radius 1 is 0.951 bits per heavy atom. The Hall–Kier alpha value is -3.81. The van der Waals surface area contributed by atoms with E-state index in [2.05, 4.69) is 0 Å². The number of piperazine rings is 1. The molecule has 1 saturated heterocycles. The van der Waals surface area contributed by atoms with Crippen molar-refractivity contribution in [3.8, 4) is 0 Å². The number of aromatic nitrogens is 1. The summed E-state index contributed by atoms with van der Waals surface area (Å²) >= 11 is 0. The molecule has 0 aliphatic carbocycles. The molecule has 0 spiro atoms. The fraction of sp³-hybridized carbons (Fsp3) is 0.321. The smallest absolute Gasteiger partial charge is 0.366 e. The van der Waals surface area contributed by atoms with E-state index in [1.165, 1.54) is 71.3 Å². The van der Waals surface area contributed by atoms with E-state index >= 15 is 0 Å². The Morgan fingerprint density at radius 3 is 2.12 bits per heavy atom. The number of rotatable bonds is 9. The number of halogens is 3. The average molecular weight is 591 g/mol. The fourth-order valence-electron chi connectivity index (χ4n) is 4.86. The monoisotopic (exact) mass is 590 g/mol. The molecule has 2 aromatic carbocycles. The van der Waals surface area contributed by atoms with E-state index in [-0.39, 0.29) is 72.5 Å². The van der Waals surface area contributed by atoms with Gasteiger partial charge in [0.2, 0.25) is 10.0 Å². The van der Waals surface area contributed by atoms with Crippen molar-refractivity contribution in [1.29, 1.82) is 0 Å². The quantitative estimate of drug-likeness (QED) is 0.382. The lowest BCUT2D eigenvalue weighted by Crippen LogP contribution is -2.49. The Kier molecular flexibility index (Phi) is 8.52. The van der Waals surface area contributed by atoms with Crippen LogP contribution in [0.5, 0.6) is 0 Å². The first-order valence-corrected chi connectivity index (χ1v) is 14.2. The Labute approximate surface area is 235 Å². The van der Waals surface area contributed by atoms with E-state index in [1.54, 1.807) is 4.90 Å². The molecule has 1 fully saturated rings. The molecule has 4 rings (SSSR count). The first kappa shape index (κ1) is 30.2. The van der Waals surface area contributed by atoms with Crippen LogP contribution in [0.15, 0.2) is 59.5 Å². The highest BCUT2D eigenvalue weighted by atomic mass is 32.2. The number of primary amides is 1. The highest BCUT2D eigenvalue weighted by Crippen LogP contribution is 2.33. The SMILES string of the molecule is CC(=O)c1ccc(S(=O)(=O)N2CCN(CC(=O)c3cc(C(N)=O)c(C)n3Cc3ccccc3C(F)(F)F)CC2)cc1. The van der Waals surface area contributed by atoms with Gasteiger partial charge in [0.25, 0.3) is 5.91 Å². The number of alkyl halides is 3. The summed E-state index contributed by atoms with van der Waals surface area (Å²) in [6, 6.07) is 12.0. The minimum Gasteiger partial charge on any atom is -0.366 e. The summed E-state index contributed by atoms with van der Waals surface area (Å²) in [5.74, 6) is -1.43. The molecule has 0 saturated carbocycles. The van der Waals surface area contributed by atoms with Gasteiger partial charge in [-0.25, -0.2) is 8.42 Å². The molecule has 41 heavy (non-hydrogen) atoms. The minimum absolute atomic E-state index is 0.0320. The molecule has 0 atom stereocenters. The van der Waals surface area contributed by atoms with Crippen LogP contribution in [-0.2, 0) is 22.7 Å². The van der Waals surface area contributed by atoms with Crippen molar-refractivity contribution in [3.63, 3.8) is 0 Å². The summed E-state index contributed by atoms with van der Waals surface area (Å²) in [7, 11) is -3.81. The molecule has 0 bridgehead atoms. The van der Waals surface area contributed by atoms with Crippen LogP contribution in [0.1, 0.15) is 54.9 Å². The standard InChI is InChI=1S/C28H29F3N4O5S/c1-18-23(27(32)38)15-25(35(18)16-21-5-3-4-6-24(21)28(29,30)31)26(37)17-33-11-13-34(14-12-33)41(39,40)22-9-7-20(8-10-22)19(2)36/h3-10,15H,11-14,16-17H2,1-2H3,(H2,32,38). The van der Waals surface area contributed by atoms with E-state index in [1.807, 2.05) is 0 Å². The summed E-state index contributed by atoms with van der Waals surface area (Å²) in [5, 5.41) is 0. The summed E-state index contributed by atoms with van der Waals surface area (Å²) < 4.78 is 69.6. The topological polar surface area (TPSA) is 123 Å². The molecule has 1 amide bonds. The molecule has 0 unspecified atom stereocenters. The highest BCUT2D eigenvalue weighted by Gasteiger charge is 2.34. The molecular formula is C28H29F3N4O5S. The van der Waals surface area contributed by atoms with Crippen molar-refractivity contribution in [1.82, 2.24) is 13.8 Å². The zero-order valence-corrected chi connectivity index (χ0v) is 23.3. The van der Waals surface area contributed by atoms with Crippen molar-refractivity contribution in [3.05, 3.63) is 88.2 Å². The first-order chi connectivity index (χ1) is 19.2. The van der Waals surface area contributed by atoms with Crippen LogP contribution in [-0.4, -0.2) is 72.4 Å². The molecule has 1 aromatic heterocycles. The molecule has 2 N–H and O–H groups in total. The molecule has 3 aromatic rings. The first-order valence-electron chi connectivity index (χ1n) is 12.7. The van der Waals surface area contributed by atoms with E-state index in [4.69, 9.17) is 5.73 Å². The van der Waals surface area contributed by atoms with Crippen LogP contribution in [0.2, 0.25) is 0 Å². The van der Waals surface area contributed by atoms with Crippen LogP contribution in [0.3, 0.4) is 0 Å². The van der Waals surface area contributed by atoms with Crippen molar-refractivity contribution in [2.45, 2.75) is 31.5 Å². The van der Waals surface area contributed by atoms with E-state index in [0.717, 1.165) is 6.07 Å². The molecule has 13 heteroatoms. The Morgan fingerprint density at radius 2 is 1.56 bits per heavy atom. The Bertz CT molecular complexity index is 1590. The number of nitrogens with two attached hydrogens (primary N) is 1.